The van der Waals surface area contributed by atoms with Crippen molar-refractivity contribution in [3.8, 4) is 0 Å². The number of pyridine rings is 1. The van der Waals surface area contributed by atoms with Crippen LogP contribution in [-0.4, -0.2) is 48.7 Å². The smallest absolute Gasteiger partial charge is 0.247 e. The Kier molecular flexibility index (Phi) is 5.86. The number of rotatable bonds is 6. The Labute approximate surface area is 196 Å². The summed E-state index contributed by atoms with van der Waals surface area (Å²) in [5, 5.41) is 24.0. The average molecular weight is 467 g/mol. The zero-order valence-electron chi connectivity index (χ0n) is 19.0. The highest BCUT2D eigenvalue weighted by Gasteiger charge is 2.35. The lowest BCUT2D eigenvalue weighted by Gasteiger charge is -2.25. The van der Waals surface area contributed by atoms with Gasteiger partial charge in [0.15, 0.2) is 5.82 Å². The molecule has 0 unspecified atom stereocenters. The van der Waals surface area contributed by atoms with E-state index in [1.807, 2.05) is 11.0 Å². The highest BCUT2D eigenvalue weighted by molar-refractivity contribution is 5.96. The Morgan fingerprint density at radius 3 is 2.88 bits per heavy atom. The Morgan fingerprint density at radius 1 is 1.29 bits per heavy atom. The van der Waals surface area contributed by atoms with Crippen molar-refractivity contribution < 1.29 is 14.3 Å². The molecule has 0 spiro atoms. The molecule has 2 aliphatic rings. The van der Waals surface area contributed by atoms with E-state index in [0.29, 0.717) is 60.7 Å². The standard InChI is InChI=1S/C23H27FN8O2/c1-12(2)15-10-19(31-30-15)27-21-14-6-7-17(33)20(14)28-23(29-21)32-9-3-4-16(32)22(34)26-13-5-8-18(24)25-11-13/h5,8,10-12,16-17,33H,3-4,6-7,9H2,1-2H3,(H,26,34)(H2,27,28,29,30,31)/t16-,17-/m0/s1. The number of aliphatic hydroxyl groups excluding tert-OH is 1. The van der Waals surface area contributed by atoms with Gasteiger partial charge in [0.05, 0.1) is 23.7 Å². The normalized spacial score (nSPS) is 19.5. The number of nitrogens with one attached hydrogen (secondary N) is 3. The second-order valence-electron chi connectivity index (χ2n) is 8.99. The van der Waals surface area contributed by atoms with E-state index in [1.54, 1.807) is 0 Å². The molecule has 3 aromatic rings. The number of fused-ring (bicyclic) bond motifs is 1. The molecule has 1 fully saturated rings. The van der Waals surface area contributed by atoms with Gasteiger partial charge in [0.25, 0.3) is 0 Å². The number of hydrogen-bond acceptors (Lipinski definition) is 8. The molecule has 1 amide bonds. The van der Waals surface area contributed by atoms with E-state index in [1.165, 1.54) is 18.3 Å². The molecule has 34 heavy (non-hydrogen) atoms. The van der Waals surface area contributed by atoms with Crippen molar-refractivity contribution in [2.24, 2.45) is 0 Å². The van der Waals surface area contributed by atoms with E-state index in [0.717, 1.165) is 17.7 Å². The molecule has 11 heteroatoms. The number of aromatic amines is 1. The predicted octanol–water partition coefficient (Wildman–Crippen LogP) is 3.19. The summed E-state index contributed by atoms with van der Waals surface area (Å²) in [7, 11) is 0. The lowest BCUT2D eigenvalue weighted by atomic mass is 10.1. The molecule has 5 rings (SSSR count). The van der Waals surface area contributed by atoms with Crippen LogP contribution in [-0.2, 0) is 11.2 Å². The molecule has 0 radical (unpaired) electrons. The fourth-order valence-electron chi connectivity index (χ4n) is 4.43. The summed E-state index contributed by atoms with van der Waals surface area (Å²) in [6.45, 7) is 4.76. The number of carbonyl (C=O) groups is 1. The Morgan fingerprint density at radius 2 is 2.15 bits per heavy atom. The summed E-state index contributed by atoms with van der Waals surface area (Å²) in [4.78, 5) is 27.9. The molecule has 178 valence electrons. The summed E-state index contributed by atoms with van der Waals surface area (Å²) >= 11 is 0. The summed E-state index contributed by atoms with van der Waals surface area (Å²) in [6.07, 6.45) is 3.25. The molecule has 0 bridgehead atoms. The van der Waals surface area contributed by atoms with Crippen LogP contribution in [0.15, 0.2) is 24.4 Å². The second-order valence-corrected chi connectivity index (χ2v) is 8.99. The molecule has 2 atom stereocenters. The minimum absolute atomic E-state index is 0.237. The van der Waals surface area contributed by atoms with Crippen molar-refractivity contribution in [2.45, 2.75) is 57.6 Å². The Bertz CT molecular complexity index is 1200. The van der Waals surface area contributed by atoms with Crippen LogP contribution in [0.5, 0.6) is 0 Å². The van der Waals surface area contributed by atoms with E-state index in [2.05, 4.69) is 44.6 Å². The molecule has 1 saturated heterocycles. The third-order valence-electron chi connectivity index (χ3n) is 6.28. The van der Waals surface area contributed by atoms with Crippen LogP contribution >= 0.6 is 0 Å². The van der Waals surface area contributed by atoms with Gasteiger partial charge in [0.2, 0.25) is 17.8 Å². The first-order chi connectivity index (χ1) is 16.4. The van der Waals surface area contributed by atoms with E-state index in [9.17, 15) is 14.3 Å². The van der Waals surface area contributed by atoms with Crippen LogP contribution in [0.4, 0.5) is 27.7 Å². The molecule has 4 heterocycles. The van der Waals surface area contributed by atoms with Gasteiger partial charge >= 0.3 is 0 Å². The number of hydrogen-bond donors (Lipinski definition) is 4. The number of amides is 1. The third-order valence-corrected chi connectivity index (χ3v) is 6.28. The number of nitrogens with zero attached hydrogens (tertiary/aromatic N) is 5. The van der Waals surface area contributed by atoms with Gasteiger partial charge in [-0.1, -0.05) is 13.8 Å². The van der Waals surface area contributed by atoms with Crippen molar-refractivity contribution in [3.05, 3.63) is 47.3 Å². The van der Waals surface area contributed by atoms with Crippen LogP contribution in [0.1, 0.15) is 62.1 Å². The second kappa shape index (κ2) is 8.98. The predicted molar refractivity (Wildman–Crippen MR) is 124 cm³/mol. The van der Waals surface area contributed by atoms with Gasteiger partial charge in [0.1, 0.15) is 11.9 Å². The first kappa shape index (κ1) is 22.2. The summed E-state index contributed by atoms with van der Waals surface area (Å²) in [5.41, 5.74) is 2.87. The Hall–Kier alpha value is -3.60. The number of H-pyrrole nitrogens is 1. The van der Waals surface area contributed by atoms with Gasteiger partial charge in [-0.2, -0.15) is 14.5 Å². The van der Waals surface area contributed by atoms with Crippen LogP contribution in [0, 0.1) is 5.95 Å². The van der Waals surface area contributed by atoms with Crippen LogP contribution in [0.3, 0.4) is 0 Å². The van der Waals surface area contributed by atoms with Gasteiger partial charge in [0, 0.05) is 23.9 Å². The third kappa shape index (κ3) is 4.30. The van der Waals surface area contributed by atoms with Gasteiger partial charge in [-0.25, -0.2) is 9.97 Å². The quantitative estimate of drug-likeness (QED) is 0.407. The minimum Gasteiger partial charge on any atom is -0.387 e. The summed E-state index contributed by atoms with van der Waals surface area (Å²) < 4.78 is 13.1. The minimum atomic E-state index is -0.678. The zero-order valence-corrected chi connectivity index (χ0v) is 19.0. The zero-order chi connectivity index (χ0) is 23.8. The van der Waals surface area contributed by atoms with Gasteiger partial charge in [-0.15, -0.1) is 0 Å². The molecule has 3 aromatic heterocycles. The van der Waals surface area contributed by atoms with E-state index >= 15 is 0 Å². The monoisotopic (exact) mass is 466 g/mol. The number of aliphatic hydroxyl groups is 1. The molecule has 0 aromatic carbocycles. The van der Waals surface area contributed by atoms with Crippen molar-refractivity contribution in [3.63, 3.8) is 0 Å². The first-order valence-corrected chi connectivity index (χ1v) is 11.5. The molecule has 1 aliphatic heterocycles. The molecule has 0 saturated carbocycles. The van der Waals surface area contributed by atoms with Crippen molar-refractivity contribution in [1.82, 2.24) is 25.1 Å². The van der Waals surface area contributed by atoms with Gasteiger partial charge in [-0.05, 0) is 43.7 Å². The van der Waals surface area contributed by atoms with Gasteiger partial charge < -0.3 is 20.6 Å². The van der Waals surface area contributed by atoms with Crippen molar-refractivity contribution in [1.29, 1.82) is 0 Å². The fourth-order valence-corrected chi connectivity index (χ4v) is 4.43. The lowest BCUT2D eigenvalue weighted by molar-refractivity contribution is -0.117. The highest BCUT2D eigenvalue weighted by Crippen LogP contribution is 2.37. The van der Waals surface area contributed by atoms with Gasteiger partial charge in [-0.3, -0.25) is 9.89 Å². The molecular formula is C23H27FN8O2. The number of anilines is 4. The molecule has 10 nitrogen and oxygen atoms in total. The molecular weight excluding hydrogens is 439 g/mol. The van der Waals surface area contributed by atoms with E-state index < -0.39 is 18.1 Å². The first-order valence-electron chi connectivity index (χ1n) is 11.5. The van der Waals surface area contributed by atoms with Crippen LogP contribution < -0.4 is 15.5 Å². The summed E-state index contributed by atoms with van der Waals surface area (Å²) in [5.74, 6) is 1.07. The largest absolute Gasteiger partial charge is 0.387 e. The van der Waals surface area contributed by atoms with Crippen molar-refractivity contribution >= 4 is 29.2 Å². The number of carbonyl (C=O) groups excluding carboxylic acids is 1. The average Bonchev–Trinajstić information content (AvgIpc) is 3.56. The topological polar surface area (TPSA) is 132 Å². The molecule has 4 N–H and O–H groups in total. The SMILES string of the molecule is CC(C)c1cc(Nc2nc(N3CCC[C@H]3C(=O)Nc3ccc(F)nc3)nc3c2CC[C@@H]3O)n[nH]1. The number of halogens is 1. The van der Waals surface area contributed by atoms with Crippen molar-refractivity contribution in [2.75, 3.05) is 22.1 Å². The highest BCUT2D eigenvalue weighted by atomic mass is 19.1. The maximum Gasteiger partial charge on any atom is 0.247 e. The maximum absolute atomic E-state index is 13.1. The van der Waals surface area contributed by atoms with Crippen LogP contribution in [0.25, 0.3) is 0 Å². The lowest BCUT2D eigenvalue weighted by Crippen LogP contribution is -2.40. The van der Waals surface area contributed by atoms with Crippen LogP contribution in [0.2, 0.25) is 0 Å². The maximum atomic E-state index is 13.1. The summed E-state index contributed by atoms with van der Waals surface area (Å²) in [6, 6.07) is 4.11. The fraction of sp³-hybridized carbons (Fsp3) is 0.435. The number of aromatic nitrogens is 5. The van der Waals surface area contributed by atoms with E-state index in [-0.39, 0.29) is 5.91 Å². The Balaban J connectivity index is 1.42. The molecule has 1 aliphatic carbocycles. The van der Waals surface area contributed by atoms with E-state index in [4.69, 9.17) is 4.98 Å².